The van der Waals surface area contributed by atoms with Crippen LogP contribution in [0, 0.1) is 0 Å². The van der Waals surface area contributed by atoms with Crippen LogP contribution in [0.3, 0.4) is 0 Å². The Balaban J connectivity index is 2.34. The van der Waals surface area contributed by atoms with E-state index in [1.807, 2.05) is 0 Å². The van der Waals surface area contributed by atoms with Crippen molar-refractivity contribution in [2.24, 2.45) is 5.73 Å². The highest BCUT2D eigenvalue weighted by Crippen LogP contribution is 2.35. The Morgan fingerprint density at radius 1 is 1.37 bits per heavy atom. The van der Waals surface area contributed by atoms with E-state index in [9.17, 15) is 13.2 Å². The van der Waals surface area contributed by atoms with Crippen LogP contribution in [0.4, 0.5) is 18.9 Å². The number of nitrogens with zero attached hydrogens (tertiary/aromatic N) is 1. The minimum Gasteiger partial charge on any atom is -0.369 e. The van der Waals surface area contributed by atoms with Crippen LogP contribution in [0.2, 0.25) is 0 Å². The normalized spacial score (nSPS) is 20.1. The van der Waals surface area contributed by atoms with Gasteiger partial charge in [0, 0.05) is 24.8 Å². The predicted octanol–water partition coefficient (Wildman–Crippen LogP) is 3.54. The van der Waals surface area contributed by atoms with Crippen molar-refractivity contribution in [3.63, 3.8) is 0 Å². The first-order chi connectivity index (χ1) is 8.97. The van der Waals surface area contributed by atoms with Crippen molar-refractivity contribution in [2.45, 2.75) is 44.9 Å². The van der Waals surface area contributed by atoms with Crippen LogP contribution >= 0.6 is 0 Å². The molecule has 1 saturated heterocycles. The van der Waals surface area contributed by atoms with Crippen molar-refractivity contribution >= 4 is 5.69 Å². The topological polar surface area (TPSA) is 29.3 Å². The smallest absolute Gasteiger partial charge is 0.369 e. The third-order valence-corrected chi connectivity index (χ3v) is 3.79. The summed E-state index contributed by atoms with van der Waals surface area (Å²) in [6.07, 6.45) is -1.12. The summed E-state index contributed by atoms with van der Waals surface area (Å²) >= 11 is 0. The van der Waals surface area contributed by atoms with E-state index in [4.69, 9.17) is 5.73 Å². The van der Waals surface area contributed by atoms with Gasteiger partial charge in [-0.25, -0.2) is 0 Å². The minimum atomic E-state index is -4.33. The minimum absolute atomic E-state index is 0.0900. The SMILES string of the molecule is CCC1CCCN1c1ccc(C(F)(F)F)c(CN)c1. The maximum Gasteiger partial charge on any atom is 0.416 e. The van der Waals surface area contributed by atoms with E-state index in [1.54, 1.807) is 12.1 Å². The molecule has 1 unspecified atom stereocenters. The number of alkyl halides is 3. The highest BCUT2D eigenvalue weighted by atomic mass is 19.4. The molecule has 0 spiro atoms. The lowest BCUT2D eigenvalue weighted by atomic mass is 10.0. The molecule has 2 N–H and O–H groups in total. The fourth-order valence-corrected chi connectivity index (χ4v) is 2.80. The molecule has 1 aliphatic heterocycles. The zero-order valence-corrected chi connectivity index (χ0v) is 11.0. The molecule has 0 amide bonds. The van der Waals surface area contributed by atoms with Gasteiger partial charge >= 0.3 is 6.18 Å². The second kappa shape index (κ2) is 5.41. The predicted molar refractivity (Wildman–Crippen MR) is 70.0 cm³/mol. The Kier molecular flexibility index (Phi) is 4.04. The third kappa shape index (κ3) is 2.86. The van der Waals surface area contributed by atoms with Crippen molar-refractivity contribution in [3.05, 3.63) is 29.3 Å². The molecule has 0 saturated carbocycles. The summed E-state index contributed by atoms with van der Waals surface area (Å²) in [6.45, 7) is 2.93. The van der Waals surface area contributed by atoms with Crippen LogP contribution in [0.25, 0.3) is 0 Å². The van der Waals surface area contributed by atoms with E-state index >= 15 is 0 Å². The summed E-state index contributed by atoms with van der Waals surface area (Å²) in [4.78, 5) is 2.19. The van der Waals surface area contributed by atoms with Crippen LogP contribution in [0.5, 0.6) is 0 Å². The number of halogens is 3. The van der Waals surface area contributed by atoms with E-state index in [2.05, 4.69) is 11.8 Å². The summed E-state index contributed by atoms with van der Waals surface area (Å²) in [5, 5.41) is 0. The summed E-state index contributed by atoms with van der Waals surface area (Å²) in [5.74, 6) is 0. The molecule has 1 aromatic rings. The molecule has 2 rings (SSSR count). The lowest BCUT2D eigenvalue weighted by Crippen LogP contribution is -2.28. The molecule has 0 radical (unpaired) electrons. The first kappa shape index (κ1) is 14.2. The fourth-order valence-electron chi connectivity index (χ4n) is 2.80. The number of hydrogen-bond acceptors (Lipinski definition) is 2. The summed E-state index contributed by atoms with van der Waals surface area (Å²) in [6, 6.07) is 4.75. The zero-order chi connectivity index (χ0) is 14.0. The van der Waals surface area contributed by atoms with Gasteiger partial charge < -0.3 is 10.6 Å². The quantitative estimate of drug-likeness (QED) is 0.912. The first-order valence-corrected chi connectivity index (χ1v) is 6.64. The molecular weight excluding hydrogens is 253 g/mol. The van der Waals surface area contributed by atoms with Gasteiger partial charge in [0.15, 0.2) is 0 Å². The number of hydrogen-bond donors (Lipinski definition) is 1. The lowest BCUT2D eigenvalue weighted by molar-refractivity contribution is -0.138. The molecular formula is C14H19F3N2. The number of benzene rings is 1. The van der Waals surface area contributed by atoms with Gasteiger partial charge in [0.25, 0.3) is 0 Å². The zero-order valence-electron chi connectivity index (χ0n) is 11.0. The Labute approximate surface area is 111 Å². The molecule has 0 bridgehead atoms. The van der Waals surface area contributed by atoms with Crippen LogP contribution < -0.4 is 10.6 Å². The fraction of sp³-hybridized carbons (Fsp3) is 0.571. The van der Waals surface area contributed by atoms with Gasteiger partial charge in [-0.3, -0.25) is 0 Å². The second-order valence-electron chi connectivity index (χ2n) is 4.94. The van der Waals surface area contributed by atoms with Gasteiger partial charge in [-0.1, -0.05) is 6.92 Å². The van der Waals surface area contributed by atoms with Crippen molar-refractivity contribution < 1.29 is 13.2 Å². The monoisotopic (exact) mass is 272 g/mol. The Bertz CT molecular complexity index is 443. The number of nitrogens with two attached hydrogens (primary N) is 1. The Morgan fingerprint density at radius 3 is 2.68 bits per heavy atom. The van der Waals surface area contributed by atoms with Crippen LogP contribution in [0.15, 0.2) is 18.2 Å². The van der Waals surface area contributed by atoms with Crippen LogP contribution in [0.1, 0.15) is 37.3 Å². The average molecular weight is 272 g/mol. The molecule has 1 heterocycles. The average Bonchev–Trinajstić information content (AvgIpc) is 2.85. The van der Waals surface area contributed by atoms with Crippen molar-refractivity contribution in [3.8, 4) is 0 Å². The van der Waals surface area contributed by atoms with Crippen LogP contribution in [-0.4, -0.2) is 12.6 Å². The summed E-state index contributed by atoms with van der Waals surface area (Å²) in [5.41, 5.74) is 5.88. The summed E-state index contributed by atoms with van der Waals surface area (Å²) in [7, 11) is 0. The molecule has 19 heavy (non-hydrogen) atoms. The van der Waals surface area contributed by atoms with Crippen molar-refractivity contribution in [1.82, 2.24) is 0 Å². The highest BCUT2D eigenvalue weighted by Gasteiger charge is 2.33. The molecule has 1 atom stereocenters. The molecule has 1 fully saturated rings. The van der Waals surface area contributed by atoms with Gasteiger partial charge in [0.2, 0.25) is 0 Å². The van der Waals surface area contributed by atoms with Gasteiger partial charge in [0.05, 0.1) is 5.56 Å². The molecule has 106 valence electrons. The van der Waals surface area contributed by atoms with Gasteiger partial charge in [-0.15, -0.1) is 0 Å². The van der Waals surface area contributed by atoms with E-state index in [-0.39, 0.29) is 12.1 Å². The van der Waals surface area contributed by atoms with E-state index in [0.29, 0.717) is 6.04 Å². The molecule has 2 nitrogen and oxygen atoms in total. The first-order valence-electron chi connectivity index (χ1n) is 6.64. The Morgan fingerprint density at radius 2 is 2.11 bits per heavy atom. The van der Waals surface area contributed by atoms with Crippen molar-refractivity contribution in [2.75, 3.05) is 11.4 Å². The molecule has 1 aliphatic rings. The third-order valence-electron chi connectivity index (χ3n) is 3.79. The molecule has 5 heteroatoms. The standard InChI is InChI=1S/C14H19F3N2/c1-2-11-4-3-7-19(11)12-5-6-13(14(15,16)17)10(8-12)9-18/h5-6,8,11H,2-4,7,9,18H2,1H3. The maximum absolute atomic E-state index is 12.8. The van der Waals surface area contributed by atoms with Crippen molar-refractivity contribution in [1.29, 1.82) is 0 Å². The number of anilines is 1. The summed E-state index contributed by atoms with van der Waals surface area (Å²) < 4.78 is 38.5. The maximum atomic E-state index is 12.8. The molecule has 1 aromatic carbocycles. The second-order valence-corrected chi connectivity index (χ2v) is 4.94. The number of rotatable bonds is 3. The van der Waals surface area contributed by atoms with E-state index in [1.165, 1.54) is 0 Å². The van der Waals surface area contributed by atoms with E-state index < -0.39 is 11.7 Å². The van der Waals surface area contributed by atoms with Crippen LogP contribution in [-0.2, 0) is 12.7 Å². The van der Waals surface area contributed by atoms with Gasteiger partial charge in [-0.05, 0) is 43.0 Å². The Hall–Kier alpha value is -1.23. The lowest BCUT2D eigenvalue weighted by Gasteiger charge is -2.27. The van der Waals surface area contributed by atoms with E-state index in [0.717, 1.165) is 37.6 Å². The highest BCUT2D eigenvalue weighted by molar-refractivity contribution is 5.53. The largest absolute Gasteiger partial charge is 0.416 e. The molecule has 0 aromatic heterocycles. The molecule has 0 aliphatic carbocycles. The van der Waals surface area contributed by atoms with Gasteiger partial charge in [0.1, 0.15) is 0 Å². The van der Waals surface area contributed by atoms with Gasteiger partial charge in [-0.2, -0.15) is 13.2 Å².